The molecule has 2 aromatic carbocycles. The van der Waals surface area contributed by atoms with Gasteiger partial charge in [-0.3, -0.25) is 9.59 Å². The number of carbonyl (C=O) groups excluding carboxylic acids is 2. The third-order valence-corrected chi connectivity index (χ3v) is 5.96. The molecule has 0 unspecified atom stereocenters. The quantitative estimate of drug-likeness (QED) is 0.510. The Kier molecular flexibility index (Phi) is 7.36. The Morgan fingerprint density at radius 1 is 1.14 bits per heavy atom. The van der Waals surface area contributed by atoms with Crippen LogP contribution in [-0.2, 0) is 22.6 Å². The van der Waals surface area contributed by atoms with Crippen LogP contribution in [0.1, 0.15) is 17.5 Å². The first-order chi connectivity index (χ1) is 16.9. The number of methoxy groups -OCH3 is 2. The molecule has 35 heavy (non-hydrogen) atoms. The van der Waals surface area contributed by atoms with E-state index in [2.05, 4.69) is 33.9 Å². The van der Waals surface area contributed by atoms with Crippen LogP contribution >= 0.6 is 0 Å². The molecule has 0 spiro atoms. The number of benzene rings is 2. The maximum atomic E-state index is 12.8. The second-order valence-electron chi connectivity index (χ2n) is 8.77. The normalized spacial score (nSPS) is 13.2. The number of aromatic nitrogens is 2. The van der Waals surface area contributed by atoms with Gasteiger partial charge in [0.1, 0.15) is 6.54 Å². The molecule has 1 aliphatic heterocycles. The number of nitrogens with one attached hydrogen (secondary N) is 1. The number of aryl methyl sites for hydroxylation is 1. The summed E-state index contributed by atoms with van der Waals surface area (Å²) in [4.78, 5) is 33.6. The average molecular weight is 478 g/mol. The zero-order valence-electron chi connectivity index (χ0n) is 20.6. The maximum Gasteiger partial charge on any atom is 0.244 e. The number of fused-ring (bicyclic) bond motifs is 2. The Bertz CT molecular complexity index is 1260. The van der Waals surface area contributed by atoms with Gasteiger partial charge in [0.2, 0.25) is 11.8 Å². The van der Waals surface area contributed by atoms with E-state index >= 15 is 0 Å². The maximum absolute atomic E-state index is 12.8. The zero-order chi connectivity index (χ0) is 24.9. The monoisotopic (exact) mass is 477 g/mol. The van der Waals surface area contributed by atoms with Gasteiger partial charge in [-0.1, -0.05) is 0 Å². The summed E-state index contributed by atoms with van der Waals surface area (Å²) in [6.45, 7) is 1.79. The lowest BCUT2D eigenvalue weighted by Gasteiger charge is -2.17. The first-order valence-corrected chi connectivity index (χ1v) is 11.5. The molecule has 2 amide bonds. The van der Waals surface area contributed by atoms with Crippen molar-refractivity contribution in [2.75, 3.05) is 46.7 Å². The zero-order valence-corrected chi connectivity index (χ0v) is 20.6. The summed E-state index contributed by atoms with van der Waals surface area (Å²) < 4.78 is 12.8. The highest BCUT2D eigenvalue weighted by atomic mass is 16.5. The first kappa shape index (κ1) is 24.3. The van der Waals surface area contributed by atoms with Crippen LogP contribution in [-0.4, -0.2) is 72.6 Å². The lowest BCUT2D eigenvalue weighted by atomic mass is 10.0. The van der Waals surface area contributed by atoms with Crippen molar-refractivity contribution in [2.24, 2.45) is 0 Å². The van der Waals surface area contributed by atoms with Gasteiger partial charge in [0.25, 0.3) is 0 Å². The van der Waals surface area contributed by atoms with Gasteiger partial charge in [-0.2, -0.15) is 0 Å². The molecule has 0 radical (unpaired) electrons. The Balaban J connectivity index is 1.41. The van der Waals surface area contributed by atoms with Crippen molar-refractivity contribution in [1.29, 1.82) is 0 Å². The summed E-state index contributed by atoms with van der Waals surface area (Å²) in [5.41, 5.74) is 4.15. The number of hydrogen-bond acceptors (Lipinski definition) is 6. The number of carbonyl (C=O) groups is 2. The van der Waals surface area contributed by atoms with Crippen LogP contribution < -0.4 is 14.8 Å². The highest BCUT2D eigenvalue weighted by Crippen LogP contribution is 2.32. The fourth-order valence-electron chi connectivity index (χ4n) is 4.14. The lowest BCUT2D eigenvalue weighted by molar-refractivity contribution is -0.131. The Morgan fingerprint density at radius 2 is 1.91 bits per heavy atom. The van der Waals surface area contributed by atoms with Crippen LogP contribution in [0.25, 0.3) is 17.1 Å². The van der Waals surface area contributed by atoms with Crippen molar-refractivity contribution < 1.29 is 19.1 Å². The molecule has 4 rings (SSSR count). The molecule has 3 aromatic rings. The topological polar surface area (TPSA) is 88.9 Å². The van der Waals surface area contributed by atoms with Crippen LogP contribution in [0.2, 0.25) is 0 Å². The predicted molar refractivity (Wildman–Crippen MR) is 136 cm³/mol. The van der Waals surface area contributed by atoms with Crippen molar-refractivity contribution in [3.05, 3.63) is 54.0 Å². The second kappa shape index (κ2) is 10.6. The van der Waals surface area contributed by atoms with Crippen LogP contribution in [0.4, 0.5) is 5.69 Å². The van der Waals surface area contributed by atoms with Crippen LogP contribution in [0, 0.1) is 0 Å². The fraction of sp³-hybridized carbons (Fsp3) is 0.346. The van der Waals surface area contributed by atoms with Gasteiger partial charge in [-0.25, -0.2) is 4.98 Å². The summed E-state index contributed by atoms with van der Waals surface area (Å²) in [5.74, 6) is 0.697. The SMILES string of the molecule is COc1cc2c(cc1OC)CC(=O)N(CC(=O)Nc1ccc3c(c1)ncn3CCCN(C)C)C=C2. The molecule has 2 heterocycles. The Morgan fingerprint density at radius 3 is 2.66 bits per heavy atom. The summed E-state index contributed by atoms with van der Waals surface area (Å²) in [7, 11) is 7.24. The highest BCUT2D eigenvalue weighted by molar-refractivity contribution is 5.97. The Labute approximate surface area is 204 Å². The van der Waals surface area contributed by atoms with E-state index in [1.54, 1.807) is 26.5 Å². The van der Waals surface area contributed by atoms with Crippen molar-refractivity contribution in [1.82, 2.24) is 19.4 Å². The van der Waals surface area contributed by atoms with Crippen molar-refractivity contribution in [2.45, 2.75) is 19.4 Å². The number of imidazole rings is 1. The molecule has 1 aliphatic rings. The predicted octanol–water partition coefficient (Wildman–Crippen LogP) is 3.00. The molecule has 184 valence electrons. The number of hydrogen-bond donors (Lipinski definition) is 1. The number of amides is 2. The van der Waals surface area contributed by atoms with Crippen molar-refractivity contribution >= 4 is 34.6 Å². The summed E-state index contributed by atoms with van der Waals surface area (Å²) >= 11 is 0. The minimum atomic E-state index is -0.283. The second-order valence-corrected chi connectivity index (χ2v) is 8.77. The average Bonchev–Trinajstić information content (AvgIpc) is 3.16. The molecular weight excluding hydrogens is 446 g/mol. The van der Waals surface area contributed by atoms with Gasteiger partial charge >= 0.3 is 0 Å². The number of rotatable bonds is 9. The van der Waals surface area contributed by atoms with E-state index in [0.717, 1.165) is 41.7 Å². The largest absolute Gasteiger partial charge is 0.493 e. The van der Waals surface area contributed by atoms with Crippen molar-refractivity contribution in [3.63, 3.8) is 0 Å². The van der Waals surface area contributed by atoms with Crippen LogP contribution in [0.5, 0.6) is 11.5 Å². The van der Waals surface area contributed by atoms with Crippen LogP contribution in [0.3, 0.4) is 0 Å². The van der Waals surface area contributed by atoms with E-state index in [9.17, 15) is 9.59 Å². The van der Waals surface area contributed by atoms with E-state index in [0.29, 0.717) is 17.2 Å². The summed E-state index contributed by atoms with van der Waals surface area (Å²) in [6.07, 6.45) is 6.46. The van der Waals surface area contributed by atoms with Gasteiger partial charge in [0.05, 0.1) is 38.0 Å². The number of nitrogens with zero attached hydrogens (tertiary/aromatic N) is 4. The molecule has 1 aromatic heterocycles. The van der Waals surface area contributed by atoms with Gasteiger partial charge < -0.3 is 29.2 Å². The third kappa shape index (κ3) is 5.63. The molecule has 9 heteroatoms. The van der Waals surface area contributed by atoms with E-state index in [4.69, 9.17) is 9.47 Å². The molecule has 9 nitrogen and oxygen atoms in total. The van der Waals surface area contributed by atoms with Crippen molar-refractivity contribution in [3.8, 4) is 11.5 Å². The summed E-state index contributed by atoms with van der Waals surface area (Å²) in [5, 5.41) is 2.88. The molecule has 0 aliphatic carbocycles. The molecule has 0 bridgehead atoms. The van der Waals surface area contributed by atoms with Gasteiger partial charge in [-0.15, -0.1) is 0 Å². The first-order valence-electron chi connectivity index (χ1n) is 11.5. The van der Waals surface area contributed by atoms with Gasteiger partial charge in [0, 0.05) is 18.4 Å². The number of ether oxygens (including phenoxy) is 2. The minimum Gasteiger partial charge on any atom is -0.493 e. The molecule has 1 N–H and O–H groups in total. The molecule has 0 saturated carbocycles. The molecule has 0 saturated heterocycles. The minimum absolute atomic E-state index is 0.0887. The lowest BCUT2D eigenvalue weighted by Crippen LogP contribution is -2.34. The Hall–Kier alpha value is -3.85. The molecule has 0 atom stereocenters. The van der Waals surface area contributed by atoms with Gasteiger partial charge in [0.15, 0.2) is 11.5 Å². The van der Waals surface area contributed by atoms with E-state index < -0.39 is 0 Å². The van der Waals surface area contributed by atoms with Gasteiger partial charge in [-0.05, 0) is 74.6 Å². The van der Waals surface area contributed by atoms with Crippen LogP contribution in [0.15, 0.2) is 42.9 Å². The summed E-state index contributed by atoms with van der Waals surface area (Å²) in [6, 6.07) is 9.30. The van der Waals surface area contributed by atoms with E-state index in [-0.39, 0.29) is 24.8 Å². The smallest absolute Gasteiger partial charge is 0.244 e. The third-order valence-electron chi connectivity index (χ3n) is 5.96. The number of anilines is 1. The highest BCUT2D eigenvalue weighted by Gasteiger charge is 2.21. The van der Waals surface area contributed by atoms with E-state index in [1.807, 2.05) is 36.7 Å². The van der Waals surface area contributed by atoms with E-state index in [1.165, 1.54) is 4.90 Å². The fourth-order valence-corrected chi connectivity index (χ4v) is 4.14. The molecular formula is C26H31N5O4. The molecule has 0 fully saturated rings. The standard InChI is InChI=1S/C26H31N5O4/c1-29(2)9-5-10-31-17-27-21-15-20(6-7-22(21)31)28-25(32)16-30-11-8-18-12-23(34-3)24(35-4)13-19(18)14-26(30)33/h6-8,11-13,15,17H,5,9-10,14,16H2,1-4H3,(H,28,32).